The summed E-state index contributed by atoms with van der Waals surface area (Å²) < 4.78 is 0. The molecule has 8 heavy (non-hydrogen) atoms. The van der Waals surface area contributed by atoms with Crippen molar-refractivity contribution in [1.29, 1.82) is 0 Å². The van der Waals surface area contributed by atoms with Gasteiger partial charge in [0.15, 0.2) is 0 Å². The van der Waals surface area contributed by atoms with Crippen LogP contribution in [0.4, 0.5) is 0 Å². The van der Waals surface area contributed by atoms with Gasteiger partial charge in [-0.05, 0) is 12.8 Å². The maximum atomic E-state index is 8.67. The molecule has 0 saturated carbocycles. The van der Waals surface area contributed by atoms with Crippen LogP contribution in [0.15, 0.2) is 12.2 Å². The van der Waals surface area contributed by atoms with Gasteiger partial charge in [0, 0.05) is 7.11 Å². The molecule has 0 heterocycles. The van der Waals surface area contributed by atoms with Crippen molar-refractivity contribution in [3.63, 3.8) is 0 Å². The van der Waals surface area contributed by atoms with E-state index in [1.807, 2.05) is 12.2 Å². The SMILES string of the molecule is CO.OC1CC=CC1. The van der Waals surface area contributed by atoms with Gasteiger partial charge in [0.1, 0.15) is 0 Å². The van der Waals surface area contributed by atoms with Crippen molar-refractivity contribution >= 4 is 0 Å². The van der Waals surface area contributed by atoms with Crippen LogP contribution in [-0.4, -0.2) is 23.4 Å². The van der Waals surface area contributed by atoms with Crippen LogP contribution in [0.1, 0.15) is 12.8 Å². The smallest absolute Gasteiger partial charge is 0.0609 e. The molecular formula is C6H12O2. The third kappa shape index (κ3) is 2.77. The van der Waals surface area contributed by atoms with Crippen LogP contribution in [0, 0.1) is 0 Å². The third-order valence-corrected chi connectivity index (χ3v) is 0.983. The molecule has 1 aliphatic carbocycles. The molecule has 0 unspecified atom stereocenters. The van der Waals surface area contributed by atoms with Crippen LogP contribution in [0.5, 0.6) is 0 Å². The maximum Gasteiger partial charge on any atom is 0.0609 e. The second-order valence-electron chi connectivity index (χ2n) is 1.60. The zero-order valence-corrected chi connectivity index (χ0v) is 5.04. The van der Waals surface area contributed by atoms with Gasteiger partial charge in [-0.3, -0.25) is 0 Å². The van der Waals surface area contributed by atoms with Crippen LogP contribution >= 0.6 is 0 Å². The van der Waals surface area contributed by atoms with E-state index in [0.29, 0.717) is 0 Å². The van der Waals surface area contributed by atoms with Crippen molar-refractivity contribution in [3.8, 4) is 0 Å². The minimum absolute atomic E-state index is 0.0648. The van der Waals surface area contributed by atoms with Gasteiger partial charge < -0.3 is 10.2 Å². The van der Waals surface area contributed by atoms with Crippen LogP contribution in [0.2, 0.25) is 0 Å². The Morgan fingerprint density at radius 2 is 1.62 bits per heavy atom. The Labute approximate surface area is 49.5 Å². The molecule has 0 aromatic rings. The van der Waals surface area contributed by atoms with E-state index >= 15 is 0 Å². The van der Waals surface area contributed by atoms with Gasteiger partial charge >= 0.3 is 0 Å². The summed E-state index contributed by atoms with van der Waals surface area (Å²) in [6.45, 7) is 0. The van der Waals surface area contributed by atoms with E-state index in [0.717, 1.165) is 20.0 Å². The summed E-state index contributed by atoms with van der Waals surface area (Å²) in [6, 6.07) is 0. The fourth-order valence-corrected chi connectivity index (χ4v) is 0.603. The molecule has 0 aromatic heterocycles. The molecule has 0 spiro atoms. The Bertz CT molecular complexity index is 60.9. The lowest BCUT2D eigenvalue weighted by atomic mass is 10.3. The molecular weight excluding hydrogens is 104 g/mol. The van der Waals surface area contributed by atoms with Gasteiger partial charge in [-0.15, -0.1) is 0 Å². The largest absolute Gasteiger partial charge is 0.400 e. The molecule has 0 saturated heterocycles. The van der Waals surface area contributed by atoms with Gasteiger partial charge in [-0.2, -0.15) is 0 Å². The van der Waals surface area contributed by atoms with Crippen molar-refractivity contribution < 1.29 is 10.2 Å². The summed E-state index contributed by atoms with van der Waals surface area (Å²) >= 11 is 0. The lowest BCUT2D eigenvalue weighted by molar-refractivity contribution is 0.189. The highest BCUT2D eigenvalue weighted by molar-refractivity contribution is 4.93. The number of rotatable bonds is 0. The normalized spacial score (nSPS) is 17.9. The summed E-state index contributed by atoms with van der Waals surface area (Å²) in [5, 5.41) is 15.7. The predicted molar refractivity (Wildman–Crippen MR) is 32.5 cm³/mol. The van der Waals surface area contributed by atoms with Crippen LogP contribution in [0.25, 0.3) is 0 Å². The Morgan fingerprint density at radius 1 is 1.25 bits per heavy atom. The molecule has 0 radical (unpaired) electrons. The maximum absolute atomic E-state index is 8.67. The summed E-state index contributed by atoms with van der Waals surface area (Å²) in [4.78, 5) is 0. The first-order chi connectivity index (χ1) is 3.89. The van der Waals surface area contributed by atoms with Crippen LogP contribution in [0.3, 0.4) is 0 Å². The molecule has 0 atom stereocenters. The molecule has 0 bridgehead atoms. The van der Waals surface area contributed by atoms with E-state index in [4.69, 9.17) is 10.2 Å². The minimum atomic E-state index is -0.0648. The van der Waals surface area contributed by atoms with E-state index in [2.05, 4.69) is 0 Å². The lowest BCUT2D eigenvalue weighted by Gasteiger charge is -1.92. The highest BCUT2D eigenvalue weighted by atomic mass is 16.3. The Balaban J connectivity index is 0.000000222. The molecule has 0 amide bonds. The minimum Gasteiger partial charge on any atom is -0.400 e. The molecule has 48 valence electrons. The van der Waals surface area contributed by atoms with Gasteiger partial charge in [0.05, 0.1) is 6.10 Å². The summed E-state index contributed by atoms with van der Waals surface area (Å²) in [7, 11) is 1.00. The van der Waals surface area contributed by atoms with Crippen LogP contribution < -0.4 is 0 Å². The topological polar surface area (TPSA) is 40.5 Å². The average Bonchev–Trinajstić information content (AvgIpc) is 2.24. The fourth-order valence-electron chi connectivity index (χ4n) is 0.603. The first-order valence-corrected chi connectivity index (χ1v) is 2.67. The molecule has 1 aliphatic rings. The van der Waals surface area contributed by atoms with Gasteiger partial charge in [0.25, 0.3) is 0 Å². The molecule has 1 rings (SSSR count). The highest BCUT2D eigenvalue weighted by Crippen LogP contribution is 2.07. The average molecular weight is 116 g/mol. The second-order valence-corrected chi connectivity index (χ2v) is 1.60. The van der Waals surface area contributed by atoms with E-state index < -0.39 is 0 Å². The van der Waals surface area contributed by atoms with Crippen LogP contribution in [-0.2, 0) is 0 Å². The van der Waals surface area contributed by atoms with E-state index in [1.165, 1.54) is 0 Å². The quantitative estimate of drug-likeness (QED) is 0.447. The van der Waals surface area contributed by atoms with E-state index in [9.17, 15) is 0 Å². The molecule has 0 fully saturated rings. The monoisotopic (exact) mass is 116 g/mol. The molecule has 2 heteroatoms. The second kappa shape index (κ2) is 4.81. The van der Waals surface area contributed by atoms with Crippen molar-refractivity contribution in [2.24, 2.45) is 0 Å². The van der Waals surface area contributed by atoms with Gasteiger partial charge in [-0.25, -0.2) is 0 Å². The third-order valence-electron chi connectivity index (χ3n) is 0.983. The summed E-state index contributed by atoms with van der Waals surface area (Å²) in [5.41, 5.74) is 0. The standard InChI is InChI=1S/C5H8O.CH4O/c6-5-3-1-2-4-5;1-2/h1-2,5-6H,3-4H2;2H,1H3. The molecule has 2 N–H and O–H groups in total. The van der Waals surface area contributed by atoms with Gasteiger partial charge in [-0.1, -0.05) is 12.2 Å². The predicted octanol–water partition coefficient (Wildman–Crippen LogP) is 0.306. The van der Waals surface area contributed by atoms with E-state index in [1.54, 1.807) is 0 Å². The van der Waals surface area contributed by atoms with Crippen molar-refractivity contribution in [1.82, 2.24) is 0 Å². The molecule has 2 nitrogen and oxygen atoms in total. The zero-order chi connectivity index (χ0) is 6.41. The van der Waals surface area contributed by atoms with Crippen molar-refractivity contribution in [3.05, 3.63) is 12.2 Å². The lowest BCUT2D eigenvalue weighted by Crippen LogP contribution is -1.95. The molecule has 0 aliphatic heterocycles. The highest BCUT2D eigenvalue weighted by Gasteiger charge is 2.01. The number of aliphatic hydroxyl groups is 2. The first kappa shape index (κ1) is 7.66. The zero-order valence-electron chi connectivity index (χ0n) is 5.04. The Hall–Kier alpha value is -0.340. The summed E-state index contributed by atoms with van der Waals surface area (Å²) in [5.74, 6) is 0. The fraction of sp³-hybridized carbons (Fsp3) is 0.667. The Morgan fingerprint density at radius 3 is 1.75 bits per heavy atom. The number of hydrogen-bond donors (Lipinski definition) is 2. The Kier molecular flexibility index (Phi) is 4.61. The first-order valence-electron chi connectivity index (χ1n) is 2.67. The van der Waals surface area contributed by atoms with Crippen molar-refractivity contribution in [2.75, 3.05) is 7.11 Å². The molecule has 0 aromatic carbocycles. The summed E-state index contributed by atoms with van der Waals surface area (Å²) in [6.07, 6.45) is 5.67. The van der Waals surface area contributed by atoms with E-state index in [-0.39, 0.29) is 6.10 Å². The van der Waals surface area contributed by atoms with Crippen molar-refractivity contribution in [2.45, 2.75) is 18.9 Å². The number of hydrogen-bond acceptors (Lipinski definition) is 2. The van der Waals surface area contributed by atoms with Gasteiger partial charge in [0.2, 0.25) is 0 Å². The number of aliphatic hydroxyl groups excluding tert-OH is 2.